The molecule has 1 aromatic carbocycles. The lowest BCUT2D eigenvalue weighted by Crippen LogP contribution is -1.81. The minimum absolute atomic E-state index is 1.05. The van der Waals surface area contributed by atoms with Crippen molar-refractivity contribution < 1.29 is 0 Å². The lowest BCUT2D eigenvalue weighted by atomic mass is 10.1. The molecule has 0 nitrogen and oxygen atoms in total. The summed E-state index contributed by atoms with van der Waals surface area (Å²) in [6, 6.07) is 10.4. The van der Waals surface area contributed by atoms with Gasteiger partial charge in [0.05, 0.1) is 0 Å². The van der Waals surface area contributed by atoms with E-state index < -0.39 is 0 Å². The van der Waals surface area contributed by atoms with Gasteiger partial charge in [-0.05, 0) is 18.4 Å². The SMILES string of the molecule is S[CH]CCc1ccccc1. The van der Waals surface area contributed by atoms with E-state index in [4.69, 9.17) is 0 Å². The van der Waals surface area contributed by atoms with E-state index in [2.05, 4.69) is 36.9 Å². The standard InChI is InChI=1S/C9H11S/c10-8-4-7-9-5-2-1-3-6-9/h1-3,5-6,8,10H,4,7H2. The lowest BCUT2D eigenvalue weighted by Gasteiger charge is -1.95. The van der Waals surface area contributed by atoms with Crippen LogP contribution in [-0.4, -0.2) is 0 Å². The molecule has 0 atom stereocenters. The third-order valence-electron chi connectivity index (χ3n) is 1.40. The van der Waals surface area contributed by atoms with Crippen molar-refractivity contribution in [2.75, 3.05) is 0 Å². The molecule has 0 N–H and O–H groups in total. The molecule has 0 aliphatic rings. The fourth-order valence-electron chi connectivity index (χ4n) is 0.876. The van der Waals surface area contributed by atoms with Gasteiger partial charge in [0.1, 0.15) is 0 Å². The van der Waals surface area contributed by atoms with Crippen LogP contribution in [0.15, 0.2) is 30.3 Å². The first-order valence-electron chi connectivity index (χ1n) is 3.43. The van der Waals surface area contributed by atoms with Crippen molar-refractivity contribution in [3.63, 3.8) is 0 Å². The van der Waals surface area contributed by atoms with Crippen LogP contribution in [0, 0.1) is 5.75 Å². The molecule has 0 aromatic heterocycles. The average Bonchev–Trinajstić information content (AvgIpc) is 2.03. The zero-order chi connectivity index (χ0) is 7.23. The Bertz CT molecular complexity index is 169. The molecular weight excluding hydrogens is 140 g/mol. The van der Waals surface area contributed by atoms with Crippen molar-refractivity contribution in [1.29, 1.82) is 0 Å². The van der Waals surface area contributed by atoms with Gasteiger partial charge in [-0.2, -0.15) is 12.6 Å². The summed E-state index contributed by atoms with van der Waals surface area (Å²) in [4.78, 5) is 0. The molecule has 0 aliphatic heterocycles. The van der Waals surface area contributed by atoms with Crippen LogP contribution in [0.2, 0.25) is 0 Å². The van der Waals surface area contributed by atoms with Crippen molar-refractivity contribution in [3.05, 3.63) is 41.6 Å². The van der Waals surface area contributed by atoms with Gasteiger partial charge in [0.15, 0.2) is 0 Å². The molecule has 0 amide bonds. The number of aryl methyl sites for hydroxylation is 1. The molecular formula is C9H11S. The Labute approximate surface area is 67.7 Å². The van der Waals surface area contributed by atoms with Crippen LogP contribution < -0.4 is 0 Å². The summed E-state index contributed by atoms with van der Waals surface area (Å²) in [5, 5.41) is 0. The Balaban J connectivity index is 2.43. The topological polar surface area (TPSA) is 0 Å². The van der Waals surface area contributed by atoms with Gasteiger partial charge in [0, 0.05) is 5.75 Å². The summed E-state index contributed by atoms with van der Waals surface area (Å²) >= 11 is 4.03. The Hall–Kier alpha value is -0.430. The van der Waals surface area contributed by atoms with Crippen molar-refractivity contribution in [1.82, 2.24) is 0 Å². The molecule has 0 heterocycles. The van der Waals surface area contributed by atoms with Gasteiger partial charge in [0.25, 0.3) is 0 Å². The predicted molar refractivity (Wildman–Crippen MR) is 48.0 cm³/mol. The normalized spacial score (nSPS) is 9.70. The van der Waals surface area contributed by atoms with Gasteiger partial charge in [-0.3, -0.25) is 0 Å². The maximum Gasteiger partial charge on any atom is 0.0137 e. The van der Waals surface area contributed by atoms with E-state index in [1.54, 1.807) is 0 Å². The van der Waals surface area contributed by atoms with E-state index in [0.717, 1.165) is 12.8 Å². The molecule has 1 rings (SSSR count). The Morgan fingerprint density at radius 2 is 1.90 bits per heavy atom. The van der Waals surface area contributed by atoms with E-state index in [0.29, 0.717) is 0 Å². The zero-order valence-corrected chi connectivity index (χ0v) is 6.72. The fourth-order valence-corrected chi connectivity index (χ4v) is 1.00. The molecule has 10 heavy (non-hydrogen) atoms. The van der Waals surface area contributed by atoms with Crippen LogP contribution in [0.4, 0.5) is 0 Å². The maximum absolute atomic E-state index is 4.03. The van der Waals surface area contributed by atoms with Crippen molar-refractivity contribution in [2.24, 2.45) is 0 Å². The van der Waals surface area contributed by atoms with Crippen LogP contribution in [0.5, 0.6) is 0 Å². The Morgan fingerprint density at radius 3 is 2.50 bits per heavy atom. The third kappa shape index (κ3) is 2.44. The van der Waals surface area contributed by atoms with Crippen LogP contribution >= 0.6 is 12.6 Å². The predicted octanol–water partition coefficient (Wildman–Crippen LogP) is 2.71. The van der Waals surface area contributed by atoms with Gasteiger partial charge in [-0.25, -0.2) is 0 Å². The first-order chi connectivity index (χ1) is 4.93. The second-order valence-corrected chi connectivity index (χ2v) is 2.57. The molecule has 1 aromatic rings. The van der Waals surface area contributed by atoms with Crippen LogP contribution in [0.25, 0.3) is 0 Å². The van der Waals surface area contributed by atoms with E-state index in [1.807, 2.05) is 11.8 Å². The van der Waals surface area contributed by atoms with Crippen molar-refractivity contribution in [3.8, 4) is 0 Å². The van der Waals surface area contributed by atoms with Crippen LogP contribution in [-0.2, 0) is 6.42 Å². The van der Waals surface area contributed by atoms with E-state index in [1.165, 1.54) is 5.56 Å². The molecule has 53 valence electrons. The number of rotatable bonds is 3. The van der Waals surface area contributed by atoms with E-state index >= 15 is 0 Å². The molecule has 0 spiro atoms. The average molecular weight is 151 g/mol. The number of hydrogen-bond acceptors (Lipinski definition) is 1. The van der Waals surface area contributed by atoms with Crippen molar-refractivity contribution >= 4 is 12.6 Å². The zero-order valence-electron chi connectivity index (χ0n) is 5.83. The second-order valence-electron chi connectivity index (χ2n) is 2.21. The number of thiol groups is 1. The molecule has 0 bridgehead atoms. The van der Waals surface area contributed by atoms with Gasteiger partial charge in [-0.15, -0.1) is 0 Å². The summed E-state index contributed by atoms with van der Waals surface area (Å²) in [5.74, 6) is 1.90. The highest BCUT2D eigenvalue weighted by molar-refractivity contribution is 7.82. The van der Waals surface area contributed by atoms with Gasteiger partial charge >= 0.3 is 0 Å². The molecule has 0 saturated heterocycles. The van der Waals surface area contributed by atoms with E-state index in [-0.39, 0.29) is 0 Å². The highest BCUT2D eigenvalue weighted by Gasteiger charge is 1.87. The monoisotopic (exact) mass is 151 g/mol. The fraction of sp³-hybridized carbons (Fsp3) is 0.222. The van der Waals surface area contributed by atoms with Gasteiger partial charge < -0.3 is 0 Å². The second kappa shape index (κ2) is 4.40. The van der Waals surface area contributed by atoms with Crippen molar-refractivity contribution in [2.45, 2.75) is 12.8 Å². The minimum Gasteiger partial charge on any atom is -0.175 e. The molecule has 1 radical (unpaired) electrons. The first kappa shape index (κ1) is 7.67. The largest absolute Gasteiger partial charge is 0.175 e. The highest BCUT2D eigenvalue weighted by Crippen LogP contribution is 2.04. The first-order valence-corrected chi connectivity index (χ1v) is 3.95. The summed E-state index contributed by atoms with van der Waals surface area (Å²) in [7, 11) is 0. The maximum atomic E-state index is 4.03. The van der Waals surface area contributed by atoms with Crippen LogP contribution in [0.1, 0.15) is 12.0 Å². The lowest BCUT2D eigenvalue weighted by molar-refractivity contribution is 0.988. The van der Waals surface area contributed by atoms with E-state index in [9.17, 15) is 0 Å². The Kier molecular flexibility index (Phi) is 3.37. The molecule has 0 aliphatic carbocycles. The number of hydrogen-bond donors (Lipinski definition) is 1. The summed E-state index contributed by atoms with van der Waals surface area (Å²) in [6.07, 6.45) is 2.15. The smallest absolute Gasteiger partial charge is 0.0137 e. The number of benzene rings is 1. The Morgan fingerprint density at radius 1 is 1.20 bits per heavy atom. The summed E-state index contributed by atoms with van der Waals surface area (Å²) < 4.78 is 0. The van der Waals surface area contributed by atoms with Crippen LogP contribution in [0.3, 0.4) is 0 Å². The summed E-state index contributed by atoms with van der Waals surface area (Å²) in [6.45, 7) is 0. The minimum atomic E-state index is 1.05. The molecule has 0 fully saturated rings. The van der Waals surface area contributed by atoms with Gasteiger partial charge in [-0.1, -0.05) is 30.3 Å². The van der Waals surface area contributed by atoms with Gasteiger partial charge in [0.2, 0.25) is 0 Å². The quantitative estimate of drug-likeness (QED) is 0.631. The summed E-state index contributed by atoms with van der Waals surface area (Å²) in [5.41, 5.74) is 1.38. The molecule has 1 heteroatoms. The third-order valence-corrected chi connectivity index (χ3v) is 1.66. The highest BCUT2D eigenvalue weighted by atomic mass is 32.1. The molecule has 0 saturated carbocycles. The molecule has 0 unspecified atom stereocenters.